The third-order valence-electron chi connectivity index (χ3n) is 9.18. The van der Waals surface area contributed by atoms with E-state index < -0.39 is 5.97 Å². The number of nitrogens with one attached hydrogen (secondary N) is 2. The van der Waals surface area contributed by atoms with Crippen molar-refractivity contribution in [1.82, 2.24) is 24.8 Å². The predicted molar refractivity (Wildman–Crippen MR) is 178 cm³/mol. The van der Waals surface area contributed by atoms with Gasteiger partial charge in [-0.05, 0) is 80.5 Å². The Balaban J connectivity index is 1.94. The van der Waals surface area contributed by atoms with Gasteiger partial charge in [0.25, 0.3) is 0 Å². The van der Waals surface area contributed by atoms with Crippen LogP contribution >= 0.6 is 0 Å². The first kappa shape index (κ1) is 31.0. The molecule has 0 fully saturated rings. The number of aromatic nitrogens is 4. The van der Waals surface area contributed by atoms with Gasteiger partial charge >= 0.3 is 5.97 Å². The van der Waals surface area contributed by atoms with E-state index in [1.165, 1.54) is 0 Å². The van der Waals surface area contributed by atoms with Crippen molar-refractivity contribution < 1.29 is 14.7 Å². The third-order valence-corrected chi connectivity index (χ3v) is 9.18. The molecule has 0 radical (unpaired) electrons. The number of H-pyrrole nitrogens is 2. The topological polar surface area (TPSA) is 115 Å². The summed E-state index contributed by atoms with van der Waals surface area (Å²) >= 11 is 0. The number of amides is 1. The molecule has 5 rings (SSSR count). The highest BCUT2D eigenvalue weighted by Crippen LogP contribution is 2.36. The van der Waals surface area contributed by atoms with Crippen LogP contribution in [0.3, 0.4) is 0 Å². The molecular formula is C36H43N5O3. The zero-order valence-electron chi connectivity index (χ0n) is 26.9. The lowest BCUT2D eigenvalue weighted by atomic mass is 9.96. The summed E-state index contributed by atoms with van der Waals surface area (Å²) in [5.41, 5.74) is 11.9. The molecule has 2 aliphatic rings. The minimum Gasteiger partial charge on any atom is -0.478 e. The molecule has 44 heavy (non-hydrogen) atoms. The maximum absolute atomic E-state index is 13.5. The number of aromatic amines is 2. The van der Waals surface area contributed by atoms with Crippen LogP contribution in [0.1, 0.15) is 97.0 Å². The lowest BCUT2D eigenvalue weighted by Gasteiger charge is -2.18. The second kappa shape index (κ2) is 12.3. The Morgan fingerprint density at radius 3 is 2.39 bits per heavy atom. The molecule has 3 aromatic rings. The summed E-state index contributed by atoms with van der Waals surface area (Å²) in [6.45, 7) is 17.0. The lowest BCUT2D eigenvalue weighted by molar-refractivity contribution is -0.131. The molecule has 0 aromatic carbocycles. The monoisotopic (exact) mass is 593 g/mol. The quantitative estimate of drug-likeness (QED) is 0.254. The maximum Gasteiger partial charge on any atom is 0.338 e. The van der Waals surface area contributed by atoms with Gasteiger partial charge in [-0.15, -0.1) is 0 Å². The number of fused-ring (bicyclic) bond motifs is 8. The van der Waals surface area contributed by atoms with Crippen LogP contribution in [-0.4, -0.2) is 55.4 Å². The van der Waals surface area contributed by atoms with Gasteiger partial charge in [0, 0.05) is 64.1 Å². The third kappa shape index (κ3) is 5.49. The van der Waals surface area contributed by atoms with Crippen LogP contribution in [0.2, 0.25) is 0 Å². The van der Waals surface area contributed by atoms with Crippen LogP contribution in [0.25, 0.3) is 39.3 Å². The zero-order chi connectivity index (χ0) is 31.9. The highest BCUT2D eigenvalue weighted by molar-refractivity contribution is 6.24. The Bertz CT molecular complexity index is 1870. The number of likely N-dealkylation sites (N-methyl/N-ethyl adjacent to an activating group) is 1. The van der Waals surface area contributed by atoms with Crippen molar-refractivity contribution in [3.8, 4) is 0 Å². The second-order valence-electron chi connectivity index (χ2n) is 12.1. The first-order valence-electron chi connectivity index (χ1n) is 15.5. The van der Waals surface area contributed by atoms with E-state index in [1.807, 2.05) is 12.1 Å². The fourth-order valence-corrected chi connectivity index (χ4v) is 6.39. The number of carbonyl (C=O) groups is 2. The number of carboxylic acids is 1. The summed E-state index contributed by atoms with van der Waals surface area (Å²) < 4.78 is 0. The Hall–Kier alpha value is -4.46. The second-order valence-corrected chi connectivity index (χ2v) is 12.1. The van der Waals surface area contributed by atoms with Gasteiger partial charge in [-0.2, -0.15) is 0 Å². The van der Waals surface area contributed by atoms with E-state index in [0.717, 1.165) is 69.3 Å². The van der Waals surface area contributed by atoms with Crippen molar-refractivity contribution >= 4 is 51.2 Å². The molecule has 8 heteroatoms. The summed E-state index contributed by atoms with van der Waals surface area (Å²) in [6.07, 6.45) is 5.16. The van der Waals surface area contributed by atoms with Crippen molar-refractivity contribution in [3.05, 3.63) is 75.4 Å². The fourth-order valence-electron chi connectivity index (χ4n) is 6.39. The summed E-state index contributed by atoms with van der Waals surface area (Å²) in [5.74, 6) is -1.07. The number of aryl methyl sites for hydroxylation is 3. The van der Waals surface area contributed by atoms with Crippen LogP contribution in [0.5, 0.6) is 0 Å². The molecule has 3 aromatic heterocycles. The van der Waals surface area contributed by atoms with Crippen LogP contribution < -0.4 is 0 Å². The average Bonchev–Trinajstić information content (AvgIpc) is 3.68. The van der Waals surface area contributed by atoms with Crippen LogP contribution in [-0.2, 0) is 28.9 Å². The molecule has 8 nitrogen and oxygen atoms in total. The van der Waals surface area contributed by atoms with E-state index in [9.17, 15) is 14.7 Å². The molecule has 5 heterocycles. The molecule has 1 amide bonds. The number of hydrogen-bond donors (Lipinski definition) is 3. The largest absolute Gasteiger partial charge is 0.478 e. The van der Waals surface area contributed by atoms with E-state index in [-0.39, 0.29) is 23.8 Å². The van der Waals surface area contributed by atoms with Gasteiger partial charge < -0.3 is 20.0 Å². The molecule has 3 N–H and O–H groups in total. The molecule has 2 aliphatic heterocycles. The van der Waals surface area contributed by atoms with Gasteiger partial charge in [0.2, 0.25) is 5.91 Å². The fraction of sp³-hybridized carbons (Fsp3) is 0.389. The Morgan fingerprint density at radius 2 is 1.73 bits per heavy atom. The van der Waals surface area contributed by atoms with E-state index >= 15 is 0 Å². The summed E-state index contributed by atoms with van der Waals surface area (Å²) in [6, 6.07) is 6.13. The van der Waals surface area contributed by atoms with E-state index in [1.54, 1.807) is 18.9 Å². The number of allylic oxidation sites excluding steroid dienone is 1. The van der Waals surface area contributed by atoms with E-state index in [2.05, 4.69) is 63.3 Å². The SMILES string of the molecule is C=Cc1c(C)c2cc3nc(c(CC(=O)N(C)CCCC)c4nc(cc5[nH]c(cc1[nH]2)c(C)c5CC)C(C)=C4C(=O)O)C[C@@H]3C. The summed E-state index contributed by atoms with van der Waals surface area (Å²) in [5, 5.41) is 10.5. The molecule has 0 spiro atoms. The smallest absolute Gasteiger partial charge is 0.338 e. The molecular weight excluding hydrogens is 550 g/mol. The molecule has 1 atom stereocenters. The summed E-state index contributed by atoms with van der Waals surface area (Å²) in [4.78, 5) is 45.3. The number of carboxylic acid groups (broad SMARTS) is 1. The van der Waals surface area contributed by atoms with Crippen LogP contribution in [0.15, 0.2) is 24.8 Å². The van der Waals surface area contributed by atoms with Crippen molar-refractivity contribution in [1.29, 1.82) is 0 Å². The van der Waals surface area contributed by atoms with Crippen molar-refractivity contribution in [2.45, 2.75) is 79.6 Å². The number of unbranched alkanes of at least 4 members (excludes halogenated alkanes) is 1. The Kier molecular flexibility index (Phi) is 8.64. The van der Waals surface area contributed by atoms with Gasteiger partial charge in [0.15, 0.2) is 0 Å². The molecule has 0 saturated heterocycles. The van der Waals surface area contributed by atoms with Gasteiger partial charge in [-0.3, -0.25) is 9.78 Å². The normalized spacial score (nSPS) is 14.7. The molecule has 8 bridgehead atoms. The highest BCUT2D eigenvalue weighted by atomic mass is 16.4. The molecule has 0 saturated carbocycles. The predicted octanol–water partition coefficient (Wildman–Crippen LogP) is 7.30. The number of rotatable bonds is 8. The van der Waals surface area contributed by atoms with Crippen molar-refractivity contribution in [3.63, 3.8) is 0 Å². The maximum atomic E-state index is 13.5. The molecule has 0 unspecified atom stereocenters. The first-order chi connectivity index (χ1) is 21.0. The van der Waals surface area contributed by atoms with Crippen molar-refractivity contribution in [2.75, 3.05) is 13.6 Å². The first-order valence-corrected chi connectivity index (χ1v) is 15.5. The van der Waals surface area contributed by atoms with Gasteiger partial charge in [0.05, 0.1) is 23.4 Å². The van der Waals surface area contributed by atoms with E-state index in [4.69, 9.17) is 9.97 Å². The standard InChI is InChI=1S/C36H43N5O3/c1-9-12-13-41(8)33(42)15-25-30-14-19(4)26(37-30)16-27-20(5)23(10-2)31(38-27)17-28-21(6)24(11-3)32(39-28)18-29-22(7)34(36(43)44)35(25)40-29/h10,16-19,38-39H,2,9,11-15H2,1,3-8H3,(H,43,44)/t19-/m0/s1. The number of aliphatic carboxylic acids is 1. The summed E-state index contributed by atoms with van der Waals surface area (Å²) in [7, 11) is 1.80. The molecule has 0 aliphatic carbocycles. The van der Waals surface area contributed by atoms with Gasteiger partial charge in [0.1, 0.15) is 0 Å². The minimum absolute atomic E-state index is 0.0302. The average molecular weight is 594 g/mol. The lowest BCUT2D eigenvalue weighted by Crippen LogP contribution is -2.29. The number of carbonyl (C=O) groups excluding carboxylic acids is 1. The number of hydrogen-bond acceptors (Lipinski definition) is 4. The Morgan fingerprint density at radius 1 is 1.02 bits per heavy atom. The van der Waals surface area contributed by atoms with Crippen molar-refractivity contribution in [2.24, 2.45) is 0 Å². The van der Waals surface area contributed by atoms with Gasteiger partial charge in [-0.1, -0.05) is 39.8 Å². The minimum atomic E-state index is -1.06. The van der Waals surface area contributed by atoms with Crippen LogP contribution in [0.4, 0.5) is 0 Å². The molecule has 230 valence electrons. The zero-order valence-corrected chi connectivity index (χ0v) is 26.9. The highest BCUT2D eigenvalue weighted by Gasteiger charge is 2.30. The van der Waals surface area contributed by atoms with Gasteiger partial charge in [-0.25, -0.2) is 9.78 Å². The van der Waals surface area contributed by atoms with E-state index in [0.29, 0.717) is 41.2 Å². The Labute approximate surface area is 259 Å². The number of nitrogens with zero attached hydrogens (tertiary/aromatic N) is 3. The van der Waals surface area contributed by atoms with Crippen LogP contribution in [0, 0.1) is 13.8 Å².